The van der Waals surface area contributed by atoms with Crippen molar-refractivity contribution >= 4 is 39.1 Å². The summed E-state index contributed by atoms with van der Waals surface area (Å²) in [5.41, 5.74) is 2.94. The number of pyridine rings is 1. The predicted octanol–water partition coefficient (Wildman–Crippen LogP) is 5.68. The molecule has 3 aromatic rings. The van der Waals surface area contributed by atoms with Crippen LogP contribution in [0, 0.1) is 6.92 Å². The molecule has 25 heavy (non-hydrogen) atoms. The fraction of sp³-hybridized carbons (Fsp3) is 0.263. The lowest BCUT2D eigenvalue weighted by Gasteiger charge is -2.20. The summed E-state index contributed by atoms with van der Waals surface area (Å²) in [6, 6.07) is 9.70. The Morgan fingerprint density at radius 3 is 2.64 bits per heavy atom. The number of aromatic nitrogens is 2. The van der Waals surface area contributed by atoms with Crippen LogP contribution in [-0.2, 0) is 4.74 Å². The SMILES string of the molecule is Cc1cc2nc(-c3cccc(Br)c3)cn2c(Cl)c1C(=O)OC(C)(C)C. The van der Waals surface area contributed by atoms with Crippen LogP contribution in [-0.4, -0.2) is 21.0 Å². The lowest BCUT2D eigenvalue weighted by molar-refractivity contribution is 0.00684. The molecule has 0 aliphatic rings. The van der Waals surface area contributed by atoms with Gasteiger partial charge in [0.25, 0.3) is 0 Å². The highest BCUT2D eigenvalue weighted by Crippen LogP contribution is 2.29. The van der Waals surface area contributed by atoms with Gasteiger partial charge < -0.3 is 4.74 Å². The smallest absolute Gasteiger partial charge is 0.342 e. The number of benzene rings is 1. The summed E-state index contributed by atoms with van der Waals surface area (Å²) >= 11 is 9.98. The molecule has 0 unspecified atom stereocenters. The number of esters is 1. The van der Waals surface area contributed by atoms with Crippen molar-refractivity contribution in [2.45, 2.75) is 33.3 Å². The minimum Gasteiger partial charge on any atom is -0.456 e. The van der Waals surface area contributed by atoms with Crippen LogP contribution >= 0.6 is 27.5 Å². The number of imidazole rings is 1. The summed E-state index contributed by atoms with van der Waals surface area (Å²) in [5, 5.41) is 0.304. The Morgan fingerprint density at radius 2 is 2.00 bits per heavy atom. The molecule has 1 aromatic carbocycles. The third kappa shape index (κ3) is 3.72. The molecule has 3 rings (SSSR count). The van der Waals surface area contributed by atoms with Crippen LogP contribution in [0.1, 0.15) is 36.7 Å². The van der Waals surface area contributed by atoms with Gasteiger partial charge in [-0.1, -0.05) is 39.7 Å². The maximum Gasteiger partial charge on any atom is 0.342 e. The minimum absolute atomic E-state index is 0.304. The number of fused-ring (bicyclic) bond motifs is 1. The first kappa shape index (κ1) is 18.0. The molecule has 2 aromatic heterocycles. The van der Waals surface area contributed by atoms with Gasteiger partial charge in [0.05, 0.1) is 11.3 Å². The Hall–Kier alpha value is -1.85. The number of aryl methyl sites for hydroxylation is 1. The summed E-state index contributed by atoms with van der Waals surface area (Å²) in [6.45, 7) is 7.32. The maximum atomic E-state index is 12.5. The Kier molecular flexibility index (Phi) is 4.64. The molecule has 0 fully saturated rings. The summed E-state index contributed by atoms with van der Waals surface area (Å²) in [4.78, 5) is 17.1. The van der Waals surface area contributed by atoms with Crippen molar-refractivity contribution in [1.29, 1.82) is 0 Å². The van der Waals surface area contributed by atoms with Gasteiger partial charge in [-0.05, 0) is 51.5 Å². The minimum atomic E-state index is -0.585. The molecule has 2 heterocycles. The summed E-state index contributed by atoms with van der Waals surface area (Å²) in [6.07, 6.45) is 1.83. The van der Waals surface area contributed by atoms with Crippen molar-refractivity contribution in [1.82, 2.24) is 9.38 Å². The van der Waals surface area contributed by atoms with Crippen molar-refractivity contribution < 1.29 is 9.53 Å². The van der Waals surface area contributed by atoms with Crippen LogP contribution in [0.4, 0.5) is 0 Å². The van der Waals surface area contributed by atoms with E-state index in [1.807, 2.05) is 64.2 Å². The normalized spacial score (nSPS) is 11.8. The van der Waals surface area contributed by atoms with Gasteiger partial charge in [-0.3, -0.25) is 4.40 Å². The van der Waals surface area contributed by atoms with Gasteiger partial charge in [-0.25, -0.2) is 9.78 Å². The molecule has 0 saturated carbocycles. The second kappa shape index (κ2) is 6.46. The Labute approximate surface area is 159 Å². The molecule has 0 amide bonds. The quantitative estimate of drug-likeness (QED) is 0.395. The fourth-order valence-electron chi connectivity index (χ4n) is 2.56. The van der Waals surface area contributed by atoms with Crippen molar-refractivity contribution in [3.8, 4) is 11.3 Å². The standard InChI is InChI=1S/C19H18BrClN2O2/c1-11-8-15-22-14(12-6-5-7-13(20)9-12)10-23(15)17(21)16(11)18(24)25-19(2,3)4/h5-10H,1-4H3. The lowest BCUT2D eigenvalue weighted by atomic mass is 10.1. The zero-order valence-electron chi connectivity index (χ0n) is 14.4. The number of halogens is 2. The molecule has 4 nitrogen and oxygen atoms in total. The molecular formula is C19H18BrClN2O2. The highest BCUT2D eigenvalue weighted by Gasteiger charge is 2.24. The first-order chi connectivity index (χ1) is 11.7. The highest BCUT2D eigenvalue weighted by atomic mass is 79.9. The average Bonchev–Trinajstić information content (AvgIpc) is 2.89. The summed E-state index contributed by atoms with van der Waals surface area (Å²) in [5.74, 6) is -0.436. The number of nitrogens with zero attached hydrogens (tertiary/aromatic N) is 2. The molecule has 0 radical (unpaired) electrons. The monoisotopic (exact) mass is 420 g/mol. The van der Waals surface area contributed by atoms with E-state index >= 15 is 0 Å². The van der Waals surface area contributed by atoms with Gasteiger partial charge >= 0.3 is 5.97 Å². The topological polar surface area (TPSA) is 43.6 Å². The maximum absolute atomic E-state index is 12.5. The molecule has 6 heteroatoms. The first-order valence-corrected chi connectivity index (χ1v) is 9.00. The Balaban J connectivity index is 2.12. The molecule has 0 bridgehead atoms. The van der Waals surface area contributed by atoms with Crippen LogP contribution < -0.4 is 0 Å². The highest BCUT2D eigenvalue weighted by molar-refractivity contribution is 9.10. The van der Waals surface area contributed by atoms with Gasteiger partial charge in [-0.15, -0.1) is 0 Å². The molecule has 0 spiro atoms. The van der Waals surface area contributed by atoms with Gasteiger partial charge in [0, 0.05) is 16.2 Å². The zero-order valence-corrected chi connectivity index (χ0v) is 16.8. The van der Waals surface area contributed by atoms with Crippen molar-refractivity contribution in [2.24, 2.45) is 0 Å². The molecule has 0 atom stereocenters. The summed E-state index contributed by atoms with van der Waals surface area (Å²) < 4.78 is 8.16. The van der Waals surface area contributed by atoms with E-state index in [0.29, 0.717) is 16.4 Å². The Bertz CT molecular complexity index is 973. The van der Waals surface area contributed by atoms with Gasteiger partial charge in [0.2, 0.25) is 0 Å². The number of ether oxygens (including phenoxy) is 1. The lowest BCUT2D eigenvalue weighted by Crippen LogP contribution is -2.25. The summed E-state index contributed by atoms with van der Waals surface area (Å²) in [7, 11) is 0. The van der Waals surface area contributed by atoms with Gasteiger partial charge in [0.1, 0.15) is 16.4 Å². The van der Waals surface area contributed by atoms with Gasteiger partial charge in [0.15, 0.2) is 0 Å². The second-order valence-electron chi connectivity index (χ2n) is 6.86. The van der Waals surface area contributed by atoms with Crippen LogP contribution in [0.2, 0.25) is 5.15 Å². The van der Waals surface area contributed by atoms with E-state index in [2.05, 4.69) is 20.9 Å². The second-order valence-corrected chi connectivity index (χ2v) is 8.13. The predicted molar refractivity (Wildman–Crippen MR) is 103 cm³/mol. The number of hydrogen-bond acceptors (Lipinski definition) is 3. The van der Waals surface area contributed by atoms with E-state index in [0.717, 1.165) is 21.3 Å². The number of carbonyl (C=O) groups excluding carboxylic acids is 1. The van der Waals surface area contributed by atoms with Crippen molar-refractivity contribution in [3.05, 3.63) is 57.3 Å². The zero-order chi connectivity index (χ0) is 18.4. The van der Waals surface area contributed by atoms with Crippen molar-refractivity contribution in [2.75, 3.05) is 0 Å². The van der Waals surface area contributed by atoms with Crippen molar-refractivity contribution in [3.63, 3.8) is 0 Å². The third-order valence-electron chi connectivity index (χ3n) is 3.61. The Morgan fingerprint density at radius 1 is 1.28 bits per heavy atom. The largest absolute Gasteiger partial charge is 0.456 e. The van der Waals surface area contributed by atoms with Crippen LogP contribution in [0.15, 0.2) is 41.0 Å². The molecular weight excluding hydrogens is 404 g/mol. The van der Waals surface area contributed by atoms with Crippen LogP contribution in [0.3, 0.4) is 0 Å². The third-order valence-corrected chi connectivity index (χ3v) is 4.48. The van der Waals surface area contributed by atoms with E-state index in [1.165, 1.54) is 0 Å². The molecule has 0 aliphatic heterocycles. The van der Waals surface area contributed by atoms with Crippen LogP contribution in [0.5, 0.6) is 0 Å². The average molecular weight is 422 g/mol. The van der Waals surface area contributed by atoms with Crippen LogP contribution in [0.25, 0.3) is 16.9 Å². The molecule has 0 aliphatic carbocycles. The van der Waals surface area contributed by atoms with E-state index in [1.54, 1.807) is 4.40 Å². The van der Waals surface area contributed by atoms with Gasteiger partial charge in [-0.2, -0.15) is 0 Å². The van der Waals surface area contributed by atoms with E-state index in [9.17, 15) is 4.79 Å². The van der Waals surface area contributed by atoms with E-state index < -0.39 is 11.6 Å². The first-order valence-electron chi connectivity index (χ1n) is 7.83. The number of rotatable bonds is 2. The fourth-order valence-corrected chi connectivity index (χ4v) is 3.32. The number of hydrogen-bond donors (Lipinski definition) is 0. The van der Waals surface area contributed by atoms with E-state index in [4.69, 9.17) is 16.3 Å². The molecule has 0 N–H and O–H groups in total. The van der Waals surface area contributed by atoms with E-state index in [-0.39, 0.29) is 0 Å². The number of carbonyl (C=O) groups is 1. The molecule has 0 saturated heterocycles. The molecule has 130 valence electrons.